The van der Waals surface area contributed by atoms with E-state index in [-0.39, 0.29) is 6.04 Å². The molecule has 4 heteroatoms. The molecule has 0 fully saturated rings. The van der Waals surface area contributed by atoms with E-state index in [4.69, 9.17) is 5.73 Å². The van der Waals surface area contributed by atoms with Crippen LogP contribution in [-0.4, -0.2) is 21.2 Å². The predicted octanol–water partition coefficient (Wildman–Crippen LogP) is 0.944. The smallest absolute Gasteiger partial charge is 0.0878 e. The minimum Gasteiger partial charge on any atom is -0.391 e. The van der Waals surface area contributed by atoms with Crippen LogP contribution in [0.15, 0.2) is 24.5 Å². The molecule has 4 N–H and O–H groups in total. The molecule has 0 radical (unpaired) electrons. The molecule has 0 aromatic carbocycles. The largest absolute Gasteiger partial charge is 0.391 e. The summed E-state index contributed by atoms with van der Waals surface area (Å²) in [5, 5.41) is 9.33. The van der Waals surface area contributed by atoms with Crippen LogP contribution in [0.5, 0.6) is 0 Å². The van der Waals surface area contributed by atoms with Gasteiger partial charge in [0.05, 0.1) is 23.2 Å². The highest BCUT2D eigenvalue weighted by Gasteiger charge is 2.12. The third-order valence-corrected chi connectivity index (χ3v) is 2.32. The number of hydrogen-bond donors (Lipinski definition) is 3. The molecule has 2 aromatic heterocycles. The van der Waals surface area contributed by atoms with Crippen LogP contribution in [-0.2, 0) is 0 Å². The monoisotopic (exact) mass is 191 g/mol. The molecule has 4 nitrogen and oxygen atoms in total. The highest BCUT2D eigenvalue weighted by Crippen LogP contribution is 2.17. The minimum atomic E-state index is -0.566. The first kappa shape index (κ1) is 9.18. The number of hydrogen-bond acceptors (Lipinski definition) is 3. The molecule has 0 amide bonds. The Balaban J connectivity index is 2.43. The van der Waals surface area contributed by atoms with E-state index in [1.807, 2.05) is 18.3 Å². The number of rotatable bonds is 2. The first-order chi connectivity index (χ1) is 6.68. The van der Waals surface area contributed by atoms with Crippen molar-refractivity contribution in [1.29, 1.82) is 0 Å². The Morgan fingerprint density at radius 1 is 1.57 bits per heavy atom. The van der Waals surface area contributed by atoms with Gasteiger partial charge < -0.3 is 15.8 Å². The number of pyridine rings is 1. The van der Waals surface area contributed by atoms with Gasteiger partial charge in [-0.15, -0.1) is 0 Å². The van der Waals surface area contributed by atoms with Gasteiger partial charge in [-0.05, 0) is 24.6 Å². The topological polar surface area (TPSA) is 74.9 Å². The molecule has 14 heavy (non-hydrogen) atoms. The second-order valence-corrected chi connectivity index (χ2v) is 3.45. The van der Waals surface area contributed by atoms with Crippen LogP contribution in [0.25, 0.3) is 11.0 Å². The predicted molar refractivity (Wildman–Crippen MR) is 54.7 cm³/mol. The van der Waals surface area contributed by atoms with Crippen LogP contribution in [0.3, 0.4) is 0 Å². The Hall–Kier alpha value is -1.39. The van der Waals surface area contributed by atoms with Gasteiger partial charge in [0.1, 0.15) is 0 Å². The molecule has 0 aliphatic heterocycles. The lowest BCUT2D eigenvalue weighted by molar-refractivity contribution is 0.164. The molecule has 0 bridgehead atoms. The van der Waals surface area contributed by atoms with Crippen molar-refractivity contribution in [3.8, 4) is 0 Å². The Morgan fingerprint density at radius 2 is 2.36 bits per heavy atom. The van der Waals surface area contributed by atoms with E-state index in [0.717, 1.165) is 16.6 Å². The number of H-pyrrole nitrogens is 1. The van der Waals surface area contributed by atoms with Crippen LogP contribution >= 0.6 is 0 Å². The van der Waals surface area contributed by atoms with E-state index >= 15 is 0 Å². The van der Waals surface area contributed by atoms with Crippen LogP contribution in [0.4, 0.5) is 0 Å². The zero-order valence-electron chi connectivity index (χ0n) is 7.94. The van der Waals surface area contributed by atoms with Crippen molar-refractivity contribution in [2.45, 2.75) is 19.1 Å². The van der Waals surface area contributed by atoms with Crippen molar-refractivity contribution in [2.24, 2.45) is 5.73 Å². The van der Waals surface area contributed by atoms with E-state index < -0.39 is 6.10 Å². The van der Waals surface area contributed by atoms with Crippen molar-refractivity contribution in [3.63, 3.8) is 0 Å². The maximum Gasteiger partial charge on any atom is 0.0878 e. The van der Waals surface area contributed by atoms with E-state index in [0.29, 0.717) is 0 Å². The molecule has 0 aliphatic carbocycles. The fraction of sp³-hybridized carbons (Fsp3) is 0.300. The lowest BCUT2D eigenvalue weighted by atomic mass is 10.1. The Morgan fingerprint density at radius 3 is 3.07 bits per heavy atom. The second kappa shape index (κ2) is 3.40. The molecule has 74 valence electrons. The van der Waals surface area contributed by atoms with Crippen LogP contribution in [0.1, 0.15) is 18.5 Å². The van der Waals surface area contributed by atoms with Crippen molar-refractivity contribution in [2.75, 3.05) is 0 Å². The summed E-state index contributed by atoms with van der Waals surface area (Å²) in [4.78, 5) is 7.28. The standard InChI is InChI=1S/C10H13N3O/c1-6(14)10(11)7-4-9-8(13-5-7)2-3-12-9/h2-6,10,12,14H,11H2,1H3/t6-,10+/m0/s1. The van der Waals surface area contributed by atoms with Gasteiger partial charge in [0, 0.05) is 12.4 Å². The third-order valence-electron chi connectivity index (χ3n) is 2.32. The van der Waals surface area contributed by atoms with Crippen LogP contribution in [0.2, 0.25) is 0 Å². The average molecular weight is 191 g/mol. The van der Waals surface area contributed by atoms with Gasteiger partial charge in [-0.25, -0.2) is 0 Å². The van der Waals surface area contributed by atoms with Gasteiger partial charge in [0.25, 0.3) is 0 Å². The third kappa shape index (κ3) is 1.49. The molecule has 2 heterocycles. The first-order valence-corrected chi connectivity index (χ1v) is 4.55. The molecule has 0 unspecified atom stereocenters. The number of aliphatic hydroxyl groups excluding tert-OH is 1. The maximum atomic E-state index is 9.33. The zero-order chi connectivity index (χ0) is 10.1. The molecule has 2 atom stereocenters. The highest BCUT2D eigenvalue weighted by molar-refractivity contribution is 5.75. The number of nitrogens with zero attached hydrogens (tertiary/aromatic N) is 1. The lowest BCUT2D eigenvalue weighted by Crippen LogP contribution is -2.23. The van der Waals surface area contributed by atoms with Gasteiger partial charge >= 0.3 is 0 Å². The number of aromatic amines is 1. The summed E-state index contributed by atoms with van der Waals surface area (Å²) in [5.74, 6) is 0. The molecular weight excluding hydrogens is 178 g/mol. The number of fused-ring (bicyclic) bond motifs is 1. The van der Waals surface area contributed by atoms with Gasteiger partial charge in [-0.1, -0.05) is 0 Å². The number of nitrogens with one attached hydrogen (secondary N) is 1. The quantitative estimate of drug-likeness (QED) is 0.661. The second-order valence-electron chi connectivity index (χ2n) is 3.45. The average Bonchev–Trinajstić information content (AvgIpc) is 2.62. The van der Waals surface area contributed by atoms with Crippen molar-refractivity contribution < 1.29 is 5.11 Å². The zero-order valence-corrected chi connectivity index (χ0v) is 7.94. The molecule has 2 rings (SSSR count). The van der Waals surface area contributed by atoms with E-state index in [1.54, 1.807) is 13.1 Å². The number of aliphatic hydroxyl groups is 1. The fourth-order valence-corrected chi connectivity index (χ4v) is 1.41. The summed E-state index contributed by atoms with van der Waals surface area (Å²) in [6.07, 6.45) is 2.97. The summed E-state index contributed by atoms with van der Waals surface area (Å²) in [6, 6.07) is 3.43. The van der Waals surface area contributed by atoms with Gasteiger partial charge in [0.2, 0.25) is 0 Å². The maximum absolute atomic E-state index is 9.33. The van der Waals surface area contributed by atoms with Crippen molar-refractivity contribution >= 4 is 11.0 Å². The fourth-order valence-electron chi connectivity index (χ4n) is 1.41. The van der Waals surface area contributed by atoms with Crippen molar-refractivity contribution in [1.82, 2.24) is 9.97 Å². The minimum absolute atomic E-state index is 0.379. The molecule has 0 spiro atoms. The van der Waals surface area contributed by atoms with Crippen LogP contribution in [0, 0.1) is 0 Å². The van der Waals surface area contributed by atoms with E-state index in [2.05, 4.69) is 9.97 Å². The van der Waals surface area contributed by atoms with Gasteiger partial charge in [-0.2, -0.15) is 0 Å². The molecule has 0 saturated carbocycles. The Kier molecular flexibility index (Phi) is 2.23. The summed E-state index contributed by atoms with van der Waals surface area (Å²) in [6.45, 7) is 1.67. The van der Waals surface area contributed by atoms with Gasteiger partial charge in [-0.3, -0.25) is 4.98 Å². The van der Waals surface area contributed by atoms with Crippen LogP contribution < -0.4 is 5.73 Å². The van der Waals surface area contributed by atoms with Crippen molar-refractivity contribution in [3.05, 3.63) is 30.1 Å². The summed E-state index contributed by atoms with van der Waals surface area (Å²) >= 11 is 0. The highest BCUT2D eigenvalue weighted by atomic mass is 16.3. The summed E-state index contributed by atoms with van der Waals surface area (Å²) < 4.78 is 0. The number of nitrogens with two attached hydrogens (primary N) is 1. The lowest BCUT2D eigenvalue weighted by Gasteiger charge is -2.14. The summed E-state index contributed by atoms with van der Waals surface area (Å²) in [5.41, 5.74) is 8.49. The first-order valence-electron chi connectivity index (χ1n) is 4.55. The number of aromatic nitrogens is 2. The van der Waals surface area contributed by atoms with Gasteiger partial charge in [0.15, 0.2) is 0 Å². The molecular formula is C10H13N3O. The molecule has 0 saturated heterocycles. The summed E-state index contributed by atoms with van der Waals surface area (Å²) in [7, 11) is 0. The SMILES string of the molecule is C[C@H](O)[C@@H](N)c1cnc2cc[nH]c2c1. The normalized spacial score (nSPS) is 15.6. The van der Waals surface area contributed by atoms with E-state index in [1.165, 1.54) is 0 Å². The molecule has 2 aromatic rings. The van der Waals surface area contributed by atoms with E-state index in [9.17, 15) is 5.11 Å². The Bertz CT molecular complexity index is 436. The molecule has 0 aliphatic rings. The Labute approximate surface area is 81.8 Å².